The molecule has 0 N–H and O–H groups in total. The molecule has 1 aromatic carbocycles. The van der Waals surface area contributed by atoms with Gasteiger partial charge in [-0.15, -0.1) is 10.2 Å². The second kappa shape index (κ2) is 11.3. The Balaban J connectivity index is 1.69. The standard InChI is InChI=1S/C21H28N4O3S3/c1-4-17(26)25(16-8-6-5-7-9-16)21(18(27)28-2)10-12-24(13-11-21)14-15-30-20-23-22-19(29-3)31-20/h5-9H,4,10-15H2,1-3H3. The van der Waals surface area contributed by atoms with Gasteiger partial charge in [0.05, 0.1) is 7.11 Å². The predicted octanol–water partition coefficient (Wildman–Crippen LogP) is 3.80. The number of aromatic nitrogens is 2. The van der Waals surface area contributed by atoms with Gasteiger partial charge in [-0.25, -0.2) is 4.79 Å². The number of piperidine rings is 1. The Bertz CT molecular complexity index is 870. The van der Waals surface area contributed by atoms with E-state index in [4.69, 9.17) is 4.74 Å². The number of carbonyl (C=O) groups excluding carboxylic acids is 2. The maximum atomic E-state index is 13.0. The molecule has 7 nitrogen and oxygen atoms in total. The summed E-state index contributed by atoms with van der Waals surface area (Å²) < 4.78 is 7.16. The lowest BCUT2D eigenvalue weighted by molar-refractivity contribution is -0.150. The van der Waals surface area contributed by atoms with Crippen molar-refractivity contribution in [1.29, 1.82) is 0 Å². The minimum absolute atomic E-state index is 0.0681. The average molecular weight is 481 g/mol. The van der Waals surface area contributed by atoms with Crippen LogP contribution in [0, 0.1) is 0 Å². The number of carbonyl (C=O) groups is 2. The Morgan fingerprint density at radius 1 is 1.19 bits per heavy atom. The van der Waals surface area contributed by atoms with Gasteiger partial charge in [0.25, 0.3) is 0 Å². The maximum Gasteiger partial charge on any atom is 0.332 e. The number of methoxy groups -OCH3 is 1. The lowest BCUT2D eigenvalue weighted by atomic mass is 9.84. The van der Waals surface area contributed by atoms with Crippen molar-refractivity contribution >= 4 is 52.4 Å². The molecular formula is C21H28N4O3S3. The van der Waals surface area contributed by atoms with Crippen LogP contribution < -0.4 is 4.90 Å². The molecule has 0 aliphatic carbocycles. The fourth-order valence-corrected chi connectivity index (χ4v) is 6.33. The van der Waals surface area contributed by atoms with Crippen LogP contribution in [0.15, 0.2) is 39.0 Å². The monoisotopic (exact) mass is 480 g/mol. The van der Waals surface area contributed by atoms with Gasteiger partial charge in [0.15, 0.2) is 8.68 Å². The van der Waals surface area contributed by atoms with Gasteiger partial charge in [0.1, 0.15) is 5.54 Å². The number of hydrogen-bond acceptors (Lipinski definition) is 9. The van der Waals surface area contributed by atoms with E-state index in [9.17, 15) is 9.59 Å². The smallest absolute Gasteiger partial charge is 0.332 e. The molecule has 0 unspecified atom stereocenters. The molecular weight excluding hydrogens is 452 g/mol. The first-order valence-corrected chi connectivity index (χ1v) is 13.3. The first-order chi connectivity index (χ1) is 15.0. The first kappa shape index (κ1) is 24.0. The first-order valence-electron chi connectivity index (χ1n) is 10.2. The third-order valence-electron chi connectivity index (χ3n) is 5.44. The minimum Gasteiger partial charge on any atom is -0.467 e. The summed E-state index contributed by atoms with van der Waals surface area (Å²) >= 11 is 4.93. The summed E-state index contributed by atoms with van der Waals surface area (Å²) in [5.41, 5.74) is -0.233. The molecule has 0 spiro atoms. The van der Waals surface area contributed by atoms with Crippen molar-refractivity contribution in [1.82, 2.24) is 15.1 Å². The normalized spacial score (nSPS) is 16.1. The van der Waals surface area contributed by atoms with Gasteiger partial charge in [-0.05, 0) is 31.2 Å². The molecule has 31 heavy (non-hydrogen) atoms. The number of ether oxygens (including phenoxy) is 1. The predicted molar refractivity (Wildman–Crippen MR) is 127 cm³/mol. The lowest BCUT2D eigenvalue weighted by Gasteiger charge is -2.46. The van der Waals surface area contributed by atoms with Crippen molar-refractivity contribution in [3.8, 4) is 0 Å². The van der Waals surface area contributed by atoms with Crippen LogP contribution in [0.25, 0.3) is 0 Å². The number of thioether (sulfide) groups is 2. The van der Waals surface area contributed by atoms with Gasteiger partial charge in [-0.1, -0.05) is 60.0 Å². The third kappa shape index (κ3) is 5.60. The Hall–Kier alpha value is -1.62. The molecule has 1 aliphatic heterocycles. The van der Waals surface area contributed by atoms with Crippen LogP contribution in [-0.2, 0) is 14.3 Å². The minimum atomic E-state index is -0.973. The van der Waals surface area contributed by atoms with E-state index in [1.54, 1.807) is 39.8 Å². The van der Waals surface area contributed by atoms with E-state index in [2.05, 4.69) is 15.1 Å². The van der Waals surface area contributed by atoms with E-state index < -0.39 is 5.54 Å². The molecule has 0 saturated carbocycles. The summed E-state index contributed by atoms with van der Waals surface area (Å²) in [6, 6.07) is 9.44. The molecule has 2 heterocycles. The van der Waals surface area contributed by atoms with Crippen molar-refractivity contribution in [3.63, 3.8) is 0 Å². The van der Waals surface area contributed by atoms with Crippen LogP contribution in [-0.4, -0.2) is 71.3 Å². The van der Waals surface area contributed by atoms with E-state index >= 15 is 0 Å². The summed E-state index contributed by atoms with van der Waals surface area (Å²) in [7, 11) is 1.40. The fraction of sp³-hybridized carbons (Fsp3) is 0.524. The Kier molecular flexibility index (Phi) is 8.76. The highest BCUT2D eigenvalue weighted by molar-refractivity contribution is 8.02. The highest BCUT2D eigenvalue weighted by Gasteiger charge is 2.49. The number of para-hydroxylation sites is 1. The largest absolute Gasteiger partial charge is 0.467 e. The van der Waals surface area contributed by atoms with Crippen LogP contribution in [0.5, 0.6) is 0 Å². The van der Waals surface area contributed by atoms with Crippen molar-refractivity contribution in [2.24, 2.45) is 0 Å². The molecule has 0 bridgehead atoms. The van der Waals surface area contributed by atoms with Gasteiger partial charge in [-0.3, -0.25) is 9.69 Å². The van der Waals surface area contributed by atoms with Crippen LogP contribution in [0.2, 0.25) is 0 Å². The highest BCUT2D eigenvalue weighted by atomic mass is 32.2. The van der Waals surface area contributed by atoms with Crippen LogP contribution in [0.4, 0.5) is 5.69 Å². The fourth-order valence-electron chi connectivity index (χ4n) is 3.82. The number of esters is 1. The number of benzene rings is 1. The third-order valence-corrected chi connectivity index (χ3v) is 8.45. The SMILES string of the molecule is CCC(=O)N(c1ccccc1)C1(C(=O)OC)CCN(CCSc2nnc(SC)s2)CC1. The number of hydrogen-bond donors (Lipinski definition) is 0. The molecule has 0 radical (unpaired) electrons. The van der Waals surface area contributed by atoms with E-state index in [0.717, 1.165) is 39.8 Å². The van der Waals surface area contributed by atoms with Crippen molar-refractivity contribution in [2.75, 3.05) is 43.7 Å². The zero-order valence-corrected chi connectivity index (χ0v) is 20.5. The highest BCUT2D eigenvalue weighted by Crippen LogP contribution is 2.35. The zero-order chi connectivity index (χ0) is 22.3. The van der Waals surface area contributed by atoms with E-state index in [1.807, 2.05) is 43.5 Å². The molecule has 168 valence electrons. The number of amides is 1. The summed E-state index contributed by atoms with van der Waals surface area (Å²) in [5.74, 6) is 0.497. The molecule has 1 amide bonds. The zero-order valence-electron chi connectivity index (χ0n) is 18.1. The molecule has 0 atom stereocenters. The molecule has 1 fully saturated rings. The van der Waals surface area contributed by atoms with Gasteiger partial charge in [0.2, 0.25) is 5.91 Å². The second-order valence-electron chi connectivity index (χ2n) is 7.17. The summed E-state index contributed by atoms with van der Waals surface area (Å²) in [4.78, 5) is 30.0. The van der Waals surface area contributed by atoms with Gasteiger partial charge in [0, 0.05) is 37.5 Å². The topological polar surface area (TPSA) is 75.6 Å². The summed E-state index contributed by atoms with van der Waals surface area (Å²) in [6.45, 7) is 4.17. The summed E-state index contributed by atoms with van der Waals surface area (Å²) in [5, 5.41) is 8.33. The molecule has 10 heteroatoms. The second-order valence-corrected chi connectivity index (χ2v) is 10.5. The number of anilines is 1. The molecule has 2 aromatic rings. The molecule has 1 saturated heterocycles. The van der Waals surface area contributed by atoms with Crippen molar-refractivity contribution < 1.29 is 14.3 Å². The lowest BCUT2D eigenvalue weighted by Crippen LogP contribution is -2.62. The number of nitrogens with zero attached hydrogens (tertiary/aromatic N) is 4. The van der Waals surface area contributed by atoms with E-state index in [-0.39, 0.29) is 11.9 Å². The molecule has 1 aliphatic rings. The van der Waals surface area contributed by atoms with Crippen LogP contribution >= 0.6 is 34.9 Å². The van der Waals surface area contributed by atoms with E-state index in [0.29, 0.717) is 19.3 Å². The van der Waals surface area contributed by atoms with Gasteiger partial charge >= 0.3 is 5.97 Å². The van der Waals surface area contributed by atoms with Gasteiger partial charge < -0.3 is 9.64 Å². The van der Waals surface area contributed by atoms with E-state index in [1.165, 1.54) is 7.11 Å². The van der Waals surface area contributed by atoms with Crippen LogP contribution in [0.3, 0.4) is 0 Å². The Morgan fingerprint density at radius 3 is 2.45 bits per heavy atom. The number of rotatable bonds is 9. The Labute approximate surface area is 195 Å². The molecule has 3 rings (SSSR count). The molecule has 1 aromatic heterocycles. The van der Waals surface area contributed by atoms with Crippen molar-refractivity contribution in [3.05, 3.63) is 30.3 Å². The summed E-state index contributed by atoms with van der Waals surface area (Å²) in [6.07, 6.45) is 3.41. The average Bonchev–Trinajstić information content (AvgIpc) is 3.28. The number of likely N-dealkylation sites (tertiary alicyclic amines) is 1. The van der Waals surface area contributed by atoms with Crippen molar-refractivity contribution in [2.45, 2.75) is 40.4 Å². The Morgan fingerprint density at radius 2 is 1.87 bits per heavy atom. The van der Waals surface area contributed by atoms with Crippen LogP contribution in [0.1, 0.15) is 26.2 Å². The van der Waals surface area contributed by atoms with Gasteiger partial charge in [-0.2, -0.15) is 0 Å². The quantitative estimate of drug-likeness (QED) is 0.396. The maximum absolute atomic E-state index is 13.0.